The predicted molar refractivity (Wildman–Crippen MR) is 71.0 cm³/mol. The lowest BCUT2D eigenvalue weighted by Gasteiger charge is -2.07. The molecule has 0 saturated carbocycles. The van der Waals surface area contributed by atoms with E-state index >= 15 is 0 Å². The maximum absolute atomic E-state index is 7.60. The number of amidine groups is 1. The first-order valence-corrected chi connectivity index (χ1v) is 6.67. The van der Waals surface area contributed by atoms with Gasteiger partial charge in [0.2, 0.25) is 0 Å². The van der Waals surface area contributed by atoms with Crippen molar-refractivity contribution < 1.29 is 0 Å². The molecule has 0 unspecified atom stereocenters. The third-order valence-electron chi connectivity index (χ3n) is 2.18. The molecule has 2 rings (SSSR count). The van der Waals surface area contributed by atoms with Gasteiger partial charge in [-0.05, 0) is 37.2 Å². The molecule has 0 saturated heterocycles. The normalized spacial score (nSPS) is 10.5. The summed E-state index contributed by atoms with van der Waals surface area (Å²) in [5.41, 5.74) is 8.24. The summed E-state index contributed by atoms with van der Waals surface area (Å²) < 4.78 is 0.920. The molecule has 0 bridgehead atoms. The maximum atomic E-state index is 7.60. The van der Waals surface area contributed by atoms with Crippen molar-refractivity contribution in [2.24, 2.45) is 5.73 Å². The molecule has 2 heterocycles. The Hall–Kier alpha value is -1.40. The second kappa shape index (κ2) is 4.85. The van der Waals surface area contributed by atoms with E-state index in [-0.39, 0.29) is 5.84 Å². The fraction of sp³-hybridized carbons (Fsp3) is 0.182. The van der Waals surface area contributed by atoms with E-state index in [2.05, 4.69) is 9.97 Å². The average Bonchev–Trinajstić information content (AvgIpc) is 2.63. The Labute approximate surface area is 108 Å². The highest BCUT2D eigenvalue weighted by molar-refractivity contribution is 8.01. The lowest BCUT2D eigenvalue weighted by Crippen LogP contribution is -2.14. The van der Waals surface area contributed by atoms with E-state index in [0.717, 1.165) is 20.6 Å². The van der Waals surface area contributed by atoms with Crippen LogP contribution in [0.25, 0.3) is 0 Å². The van der Waals surface area contributed by atoms with Crippen LogP contribution in [0, 0.1) is 19.3 Å². The average molecular weight is 264 g/mol. The van der Waals surface area contributed by atoms with Crippen molar-refractivity contribution in [3.05, 3.63) is 34.5 Å². The van der Waals surface area contributed by atoms with Crippen LogP contribution in [0.5, 0.6) is 0 Å². The molecule has 2 aromatic rings. The van der Waals surface area contributed by atoms with E-state index in [0.29, 0.717) is 5.56 Å². The van der Waals surface area contributed by atoms with Crippen LogP contribution >= 0.6 is 23.1 Å². The highest BCUT2D eigenvalue weighted by Crippen LogP contribution is 2.31. The van der Waals surface area contributed by atoms with Gasteiger partial charge in [0.05, 0.1) is 5.56 Å². The molecule has 0 atom stereocenters. The summed E-state index contributed by atoms with van der Waals surface area (Å²) in [5, 5.41) is 10.3. The summed E-state index contributed by atoms with van der Waals surface area (Å²) in [6.45, 7) is 3.88. The third-order valence-corrected chi connectivity index (χ3v) is 4.24. The standard InChI is InChI=1S/C11H12N4S2/c1-6-3-4-14-10(8(6)9(12)13)17-11-15-7(2)5-16-11/h3-5H,1-2H3,(H3,12,13). The molecule has 0 radical (unpaired) electrons. The van der Waals surface area contributed by atoms with E-state index < -0.39 is 0 Å². The Balaban J connectivity index is 2.39. The zero-order chi connectivity index (χ0) is 12.4. The number of pyridine rings is 1. The minimum Gasteiger partial charge on any atom is -0.384 e. The summed E-state index contributed by atoms with van der Waals surface area (Å²) >= 11 is 3.02. The van der Waals surface area contributed by atoms with E-state index in [1.54, 1.807) is 17.5 Å². The molecule has 2 aromatic heterocycles. The molecule has 0 aromatic carbocycles. The Kier molecular flexibility index (Phi) is 3.44. The Morgan fingerprint density at radius 1 is 1.47 bits per heavy atom. The fourth-order valence-corrected chi connectivity index (χ4v) is 3.34. The number of thiazole rings is 1. The summed E-state index contributed by atoms with van der Waals surface area (Å²) in [6, 6.07) is 1.86. The molecule has 6 heteroatoms. The Bertz CT molecular complexity index is 562. The molecular formula is C11H12N4S2. The van der Waals surface area contributed by atoms with Gasteiger partial charge in [-0.15, -0.1) is 11.3 Å². The molecule has 0 fully saturated rings. The quantitative estimate of drug-likeness (QED) is 0.660. The van der Waals surface area contributed by atoms with Crippen molar-refractivity contribution in [1.82, 2.24) is 9.97 Å². The summed E-state index contributed by atoms with van der Waals surface area (Å²) in [6.07, 6.45) is 1.73. The molecule has 0 aliphatic rings. The third kappa shape index (κ3) is 2.65. The van der Waals surface area contributed by atoms with Crippen LogP contribution in [0.4, 0.5) is 0 Å². The van der Waals surface area contributed by atoms with Crippen LogP contribution in [0.1, 0.15) is 16.8 Å². The molecule has 0 aliphatic heterocycles. The van der Waals surface area contributed by atoms with Crippen molar-refractivity contribution in [1.29, 1.82) is 5.41 Å². The van der Waals surface area contributed by atoms with E-state index in [1.807, 2.05) is 25.3 Å². The zero-order valence-corrected chi connectivity index (χ0v) is 11.2. The summed E-state index contributed by atoms with van der Waals surface area (Å²) in [5.74, 6) is 0.0476. The molecule has 0 aliphatic carbocycles. The highest BCUT2D eigenvalue weighted by atomic mass is 32.2. The number of aromatic nitrogens is 2. The number of nitrogens with one attached hydrogen (secondary N) is 1. The highest BCUT2D eigenvalue weighted by Gasteiger charge is 2.12. The van der Waals surface area contributed by atoms with Crippen molar-refractivity contribution in [2.75, 3.05) is 0 Å². The topological polar surface area (TPSA) is 75.7 Å². The predicted octanol–water partition coefficient (Wildman–Crippen LogP) is 2.59. The van der Waals surface area contributed by atoms with E-state index in [4.69, 9.17) is 11.1 Å². The van der Waals surface area contributed by atoms with Crippen molar-refractivity contribution in [3.8, 4) is 0 Å². The lowest BCUT2D eigenvalue weighted by atomic mass is 10.1. The molecule has 88 valence electrons. The van der Waals surface area contributed by atoms with Gasteiger partial charge in [0.1, 0.15) is 10.9 Å². The van der Waals surface area contributed by atoms with Gasteiger partial charge in [-0.1, -0.05) is 0 Å². The maximum Gasteiger partial charge on any atom is 0.156 e. The zero-order valence-electron chi connectivity index (χ0n) is 9.52. The largest absolute Gasteiger partial charge is 0.384 e. The van der Waals surface area contributed by atoms with E-state index in [1.165, 1.54) is 11.8 Å². The molecule has 3 N–H and O–H groups in total. The van der Waals surface area contributed by atoms with Crippen LogP contribution in [-0.2, 0) is 0 Å². The second-order valence-corrected chi connectivity index (χ2v) is 5.67. The van der Waals surface area contributed by atoms with Gasteiger partial charge >= 0.3 is 0 Å². The number of rotatable bonds is 3. The number of aryl methyl sites for hydroxylation is 2. The minimum absolute atomic E-state index is 0.0476. The molecule has 0 spiro atoms. The number of hydrogen-bond donors (Lipinski definition) is 2. The minimum atomic E-state index is 0.0476. The molecule has 4 nitrogen and oxygen atoms in total. The van der Waals surface area contributed by atoms with Crippen LogP contribution in [0.3, 0.4) is 0 Å². The number of hydrogen-bond acceptors (Lipinski definition) is 5. The number of nitrogens with two attached hydrogens (primary N) is 1. The van der Waals surface area contributed by atoms with Gasteiger partial charge in [-0.2, -0.15) is 0 Å². The molecule has 17 heavy (non-hydrogen) atoms. The van der Waals surface area contributed by atoms with Crippen molar-refractivity contribution >= 4 is 28.9 Å². The summed E-state index contributed by atoms with van der Waals surface area (Å²) in [4.78, 5) is 8.64. The SMILES string of the molecule is Cc1csc(Sc2nccc(C)c2C(=N)N)n1. The first-order valence-electron chi connectivity index (χ1n) is 4.98. The monoisotopic (exact) mass is 264 g/mol. The van der Waals surface area contributed by atoms with Gasteiger partial charge in [-0.3, -0.25) is 5.41 Å². The second-order valence-electron chi connectivity index (χ2n) is 3.58. The first kappa shape index (κ1) is 12.1. The van der Waals surface area contributed by atoms with Crippen LogP contribution < -0.4 is 5.73 Å². The smallest absolute Gasteiger partial charge is 0.156 e. The van der Waals surface area contributed by atoms with Gasteiger partial charge in [-0.25, -0.2) is 9.97 Å². The van der Waals surface area contributed by atoms with Gasteiger partial charge in [0, 0.05) is 17.3 Å². The van der Waals surface area contributed by atoms with Crippen molar-refractivity contribution in [3.63, 3.8) is 0 Å². The number of nitrogen functional groups attached to an aromatic ring is 1. The molecular weight excluding hydrogens is 252 g/mol. The van der Waals surface area contributed by atoms with Gasteiger partial charge < -0.3 is 5.73 Å². The fourth-order valence-electron chi connectivity index (χ4n) is 1.40. The number of nitrogens with zero attached hydrogens (tertiary/aromatic N) is 2. The summed E-state index contributed by atoms with van der Waals surface area (Å²) in [7, 11) is 0. The van der Waals surface area contributed by atoms with Crippen LogP contribution in [0.2, 0.25) is 0 Å². The van der Waals surface area contributed by atoms with Crippen LogP contribution in [-0.4, -0.2) is 15.8 Å². The van der Waals surface area contributed by atoms with Gasteiger partial charge in [0.15, 0.2) is 4.34 Å². The van der Waals surface area contributed by atoms with Gasteiger partial charge in [0.25, 0.3) is 0 Å². The lowest BCUT2D eigenvalue weighted by molar-refractivity contribution is 1.08. The molecule has 0 amide bonds. The van der Waals surface area contributed by atoms with E-state index in [9.17, 15) is 0 Å². The first-order chi connectivity index (χ1) is 8.08. The van der Waals surface area contributed by atoms with Crippen molar-refractivity contribution in [2.45, 2.75) is 23.2 Å². The Morgan fingerprint density at radius 3 is 2.82 bits per heavy atom. The van der Waals surface area contributed by atoms with Crippen LogP contribution in [0.15, 0.2) is 27.0 Å². The Morgan fingerprint density at radius 2 is 2.24 bits per heavy atom.